The number of ether oxygens (including phenoxy) is 1. The van der Waals surface area contributed by atoms with Crippen molar-refractivity contribution in [2.75, 3.05) is 32.8 Å². The van der Waals surface area contributed by atoms with E-state index in [0.29, 0.717) is 32.7 Å². The molecule has 96 valence electrons. The Kier molecular flexibility index (Phi) is 3.96. The highest BCUT2D eigenvalue weighted by molar-refractivity contribution is 5.82. The summed E-state index contributed by atoms with van der Waals surface area (Å²) in [4.78, 5) is 24.6. The molecule has 0 aromatic carbocycles. The number of likely N-dealkylation sites (tertiary alicyclic amines) is 1. The highest BCUT2D eigenvalue weighted by Crippen LogP contribution is 2.18. The van der Waals surface area contributed by atoms with Gasteiger partial charge in [0.15, 0.2) is 0 Å². The second kappa shape index (κ2) is 5.46. The molecule has 6 nitrogen and oxygen atoms in total. The predicted octanol–water partition coefficient (Wildman–Crippen LogP) is -0.702. The molecule has 1 amide bonds. The Balaban J connectivity index is 1.91. The fourth-order valence-corrected chi connectivity index (χ4v) is 2.31. The number of carboxylic acids is 1. The van der Waals surface area contributed by atoms with Crippen molar-refractivity contribution in [2.45, 2.75) is 18.9 Å². The van der Waals surface area contributed by atoms with E-state index in [1.54, 1.807) is 4.90 Å². The van der Waals surface area contributed by atoms with E-state index in [0.717, 1.165) is 13.0 Å². The van der Waals surface area contributed by atoms with E-state index < -0.39 is 18.0 Å². The summed E-state index contributed by atoms with van der Waals surface area (Å²) in [6.45, 7) is 2.78. The summed E-state index contributed by atoms with van der Waals surface area (Å²) in [5.41, 5.74) is 0. The van der Waals surface area contributed by atoms with Gasteiger partial charge < -0.3 is 20.1 Å². The summed E-state index contributed by atoms with van der Waals surface area (Å²) in [5.74, 6) is -1.32. The standard InChI is InChI=1S/C11H18N2O4/c14-10(9-6-12-3-5-17-9)13-4-1-2-8(7-13)11(15)16/h8-9,12H,1-7H2,(H,15,16). The van der Waals surface area contributed by atoms with Gasteiger partial charge in [0.2, 0.25) is 0 Å². The minimum atomic E-state index is -0.815. The van der Waals surface area contributed by atoms with Crippen molar-refractivity contribution < 1.29 is 19.4 Å². The van der Waals surface area contributed by atoms with Crippen LogP contribution in [0.4, 0.5) is 0 Å². The fraction of sp³-hybridized carbons (Fsp3) is 0.818. The number of carboxylic acid groups (broad SMARTS) is 1. The van der Waals surface area contributed by atoms with Crippen LogP contribution in [0.25, 0.3) is 0 Å². The quantitative estimate of drug-likeness (QED) is 0.669. The minimum Gasteiger partial charge on any atom is -0.481 e. The lowest BCUT2D eigenvalue weighted by atomic mass is 9.98. The highest BCUT2D eigenvalue weighted by Gasteiger charge is 2.32. The van der Waals surface area contributed by atoms with Crippen molar-refractivity contribution in [3.63, 3.8) is 0 Å². The van der Waals surface area contributed by atoms with Gasteiger partial charge in [-0.1, -0.05) is 0 Å². The maximum atomic E-state index is 12.1. The van der Waals surface area contributed by atoms with Crippen LogP contribution < -0.4 is 5.32 Å². The minimum absolute atomic E-state index is 0.0804. The van der Waals surface area contributed by atoms with E-state index in [1.807, 2.05) is 0 Å². The fourth-order valence-electron chi connectivity index (χ4n) is 2.31. The number of piperidine rings is 1. The Morgan fingerprint density at radius 2 is 2.24 bits per heavy atom. The average Bonchev–Trinajstić information content (AvgIpc) is 2.39. The van der Waals surface area contributed by atoms with Crippen LogP contribution in [0, 0.1) is 5.92 Å². The van der Waals surface area contributed by atoms with Gasteiger partial charge in [-0.05, 0) is 12.8 Å². The number of carbonyl (C=O) groups excluding carboxylic acids is 1. The third kappa shape index (κ3) is 2.95. The van der Waals surface area contributed by atoms with E-state index in [-0.39, 0.29) is 5.91 Å². The van der Waals surface area contributed by atoms with E-state index >= 15 is 0 Å². The van der Waals surface area contributed by atoms with Crippen molar-refractivity contribution in [1.82, 2.24) is 10.2 Å². The molecule has 2 unspecified atom stereocenters. The molecule has 2 atom stereocenters. The topological polar surface area (TPSA) is 78.9 Å². The first-order valence-electron chi connectivity index (χ1n) is 6.02. The number of nitrogens with one attached hydrogen (secondary N) is 1. The molecule has 0 spiro atoms. The number of nitrogens with zero attached hydrogens (tertiary/aromatic N) is 1. The smallest absolute Gasteiger partial charge is 0.308 e. The number of hydrogen-bond acceptors (Lipinski definition) is 4. The molecule has 2 aliphatic heterocycles. The molecule has 0 saturated carbocycles. The zero-order chi connectivity index (χ0) is 12.3. The van der Waals surface area contributed by atoms with Crippen molar-refractivity contribution in [2.24, 2.45) is 5.92 Å². The van der Waals surface area contributed by atoms with Crippen molar-refractivity contribution >= 4 is 11.9 Å². The van der Waals surface area contributed by atoms with E-state index in [1.165, 1.54) is 0 Å². The summed E-state index contributed by atoms with van der Waals surface area (Å²) in [5, 5.41) is 12.1. The van der Waals surface area contributed by atoms with Gasteiger partial charge in [-0.15, -0.1) is 0 Å². The largest absolute Gasteiger partial charge is 0.481 e. The first-order valence-corrected chi connectivity index (χ1v) is 6.02. The Morgan fingerprint density at radius 3 is 2.88 bits per heavy atom. The van der Waals surface area contributed by atoms with Crippen LogP contribution >= 0.6 is 0 Å². The molecular formula is C11H18N2O4. The van der Waals surface area contributed by atoms with Crippen LogP contribution in [-0.4, -0.2) is 60.8 Å². The molecule has 2 aliphatic rings. The SMILES string of the molecule is O=C(O)C1CCCN(C(=O)C2CNCCO2)C1. The molecule has 2 heterocycles. The van der Waals surface area contributed by atoms with Gasteiger partial charge in [0.05, 0.1) is 12.5 Å². The van der Waals surface area contributed by atoms with Crippen LogP contribution in [-0.2, 0) is 14.3 Å². The molecular weight excluding hydrogens is 224 g/mol. The number of rotatable bonds is 2. The summed E-state index contributed by atoms with van der Waals surface area (Å²) in [7, 11) is 0. The molecule has 0 aromatic heterocycles. The second-order valence-electron chi connectivity index (χ2n) is 4.53. The van der Waals surface area contributed by atoms with Gasteiger partial charge in [-0.3, -0.25) is 9.59 Å². The van der Waals surface area contributed by atoms with E-state index in [4.69, 9.17) is 9.84 Å². The Bertz CT molecular complexity index is 302. The number of carbonyl (C=O) groups is 2. The first kappa shape index (κ1) is 12.3. The molecule has 2 rings (SSSR count). The zero-order valence-electron chi connectivity index (χ0n) is 9.72. The van der Waals surface area contributed by atoms with Gasteiger partial charge in [0.25, 0.3) is 5.91 Å². The number of amides is 1. The van der Waals surface area contributed by atoms with Crippen LogP contribution in [0.3, 0.4) is 0 Å². The second-order valence-corrected chi connectivity index (χ2v) is 4.53. The van der Waals surface area contributed by atoms with Crippen molar-refractivity contribution in [3.8, 4) is 0 Å². The van der Waals surface area contributed by atoms with Gasteiger partial charge in [0, 0.05) is 26.2 Å². The van der Waals surface area contributed by atoms with Crippen LogP contribution in [0.1, 0.15) is 12.8 Å². The lowest BCUT2D eigenvalue weighted by Crippen LogP contribution is -2.52. The Labute approximate surface area is 99.9 Å². The molecule has 0 bridgehead atoms. The molecule has 2 fully saturated rings. The van der Waals surface area contributed by atoms with Gasteiger partial charge >= 0.3 is 5.97 Å². The van der Waals surface area contributed by atoms with Gasteiger partial charge in [-0.2, -0.15) is 0 Å². The van der Waals surface area contributed by atoms with E-state index in [9.17, 15) is 9.59 Å². The summed E-state index contributed by atoms with van der Waals surface area (Å²) in [6, 6.07) is 0. The Morgan fingerprint density at radius 1 is 1.41 bits per heavy atom. The maximum Gasteiger partial charge on any atom is 0.308 e. The molecule has 0 aromatic rings. The summed E-state index contributed by atoms with van der Waals surface area (Å²) in [6.07, 6.45) is 0.961. The molecule has 2 N–H and O–H groups in total. The lowest BCUT2D eigenvalue weighted by Gasteiger charge is -2.34. The zero-order valence-corrected chi connectivity index (χ0v) is 9.72. The number of morpholine rings is 1. The van der Waals surface area contributed by atoms with E-state index in [2.05, 4.69) is 5.32 Å². The van der Waals surface area contributed by atoms with Gasteiger partial charge in [0.1, 0.15) is 6.10 Å². The first-order chi connectivity index (χ1) is 8.18. The average molecular weight is 242 g/mol. The maximum absolute atomic E-state index is 12.1. The molecule has 0 radical (unpaired) electrons. The molecule has 2 saturated heterocycles. The third-order valence-corrected chi connectivity index (χ3v) is 3.29. The van der Waals surface area contributed by atoms with Crippen LogP contribution in [0.2, 0.25) is 0 Å². The number of aliphatic carboxylic acids is 1. The Hall–Kier alpha value is -1.14. The number of hydrogen-bond donors (Lipinski definition) is 2. The highest BCUT2D eigenvalue weighted by atomic mass is 16.5. The lowest BCUT2D eigenvalue weighted by molar-refractivity contribution is -0.151. The summed E-state index contributed by atoms with van der Waals surface area (Å²) >= 11 is 0. The molecule has 0 aliphatic carbocycles. The van der Waals surface area contributed by atoms with Crippen LogP contribution in [0.5, 0.6) is 0 Å². The van der Waals surface area contributed by atoms with Crippen molar-refractivity contribution in [1.29, 1.82) is 0 Å². The summed E-state index contributed by atoms with van der Waals surface area (Å²) < 4.78 is 5.39. The normalized spacial score (nSPS) is 30.0. The van der Waals surface area contributed by atoms with Gasteiger partial charge in [-0.25, -0.2) is 0 Å². The monoisotopic (exact) mass is 242 g/mol. The molecule has 17 heavy (non-hydrogen) atoms. The van der Waals surface area contributed by atoms with Crippen molar-refractivity contribution in [3.05, 3.63) is 0 Å². The predicted molar refractivity (Wildman–Crippen MR) is 59.5 cm³/mol. The van der Waals surface area contributed by atoms with Crippen LogP contribution in [0.15, 0.2) is 0 Å². The third-order valence-electron chi connectivity index (χ3n) is 3.29. The molecule has 6 heteroatoms.